The van der Waals surface area contributed by atoms with Crippen LogP contribution in [-0.4, -0.2) is 28.9 Å². The van der Waals surface area contributed by atoms with E-state index in [1.54, 1.807) is 0 Å². The van der Waals surface area contributed by atoms with E-state index in [0.29, 0.717) is 0 Å². The maximum absolute atomic E-state index is 11.9. The first-order chi connectivity index (χ1) is 8.50. The Kier molecular flexibility index (Phi) is 5.61. The molecule has 1 atom stereocenters. The molecule has 0 bridgehead atoms. The van der Waals surface area contributed by atoms with Crippen LogP contribution < -0.4 is 11.1 Å². The van der Waals surface area contributed by atoms with Crippen molar-refractivity contribution >= 4 is 17.8 Å². The van der Waals surface area contributed by atoms with Gasteiger partial charge >= 0.3 is 5.97 Å². The van der Waals surface area contributed by atoms with Crippen molar-refractivity contribution in [1.29, 1.82) is 0 Å². The van der Waals surface area contributed by atoms with Gasteiger partial charge in [0.25, 0.3) is 0 Å². The highest BCUT2D eigenvalue weighted by Gasteiger charge is 2.26. The number of hydrogen-bond donors (Lipinski definition) is 3. The minimum atomic E-state index is -1.12. The van der Waals surface area contributed by atoms with Crippen molar-refractivity contribution in [2.24, 2.45) is 11.7 Å². The largest absolute Gasteiger partial charge is 0.480 e. The van der Waals surface area contributed by atoms with Gasteiger partial charge in [-0.3, -0.25) is 9.59 Å². The van der Waals surface area contributed by atoms with E-state index in [1.807, 2.05) is 0 Å². The average Bonchev–Trinajstić information content (AvgIpc) is 2.34. The first-order valence-electron chi connectivity index (χ1n) is 6.32. The Labute approximate surface area is 106 Å². The summed E-state index contributed by atoms with van der Waals surface area (Å²) in [6, 6.07) is -1.02. The number of hydrogen-bond acceptors (Lipinski definition) is 3. The molecule has 18 heavy (non-hydrogen) atoms. The van der Waals surface area contributed by atoms with Crippen molar-refractivity contribution in [3.05, 3.63) is 0 Å². The summed E-state index contributed by atoms with van der Waals surface area (Å²) in [6.07, 6.45) is 4.79. The van der Waals surface area contributed by atoms with Crippen LogP contribution in [0.5, 0.6) is 0 Å². The number of amides is 2. The van der Waals surface area contributed by atoms with E-state index in [2.05, 4.69) is 5.32 Å². The van der Waals surface area contributed by atoms with E-state index in [4.69, 9.17) is 10.8 Å². The molecule has 0 unspecified atom stereocenters. The van der Waals surface area contributed by atoms with Crippen molar-refractivity contribution in [2.45, 2.75) is 51.0 Å². The Balaban J connectivity index is 2.46. The fourth-order valence-corrected chi connectivity index (χ4v) is 2.20. The van der Waals surface area contributed by atoms with Crippen molar-refractivity contribution in [2.75, 3.05) is 0 Å². The van der Waals surface area contributed by atoms with Gasteiger partial charge in [0.15, 0.2) is 0 Å². The lowest BCUT2D eigenvalue weighted by Crippen LogP contribution is -2.44. The Morgan fingerprint density at radius 1 is 1.22 bits per heavy atom. The van der Waals surface area contributed by atoms with Gasteiger partial charge in [0.1, 0.15) is 6.04 Å². The molecule has 0 aromatic rings. The molecule has 0 spiro atoms. The second kappa shape index (κ2) is 6.98. The highest BCUT2D eigenvalue weighted by atomic mass is 16.4. The minimum Gasteiger partial charge on any atom is -0.480 e. The molecule has 0 aromatic heterocycles. The van der Waals surface area contributed by atoms with Gasteiger partial charge in [-0.1, -0.05) is 19.3 Å². The molecular weight excluding hydrogens is 236 g/mol. The zero-order valence-corrected chi connectivity index (χ0v) is 10.4. The van der Waals surface area contributed by atoms with Gasteiger partial charge < -0.3 is 16.2 Å². The summed E-state index contributed by atoms with van der Waals surface area (Å²) >= 11 is 0. The van der Waals surface area contributed by atoms with Gasteiger partial charge in [0.2, 0.25) is 11.8 Å². The van der Waals surface area contributed by atoms with Crippen LogP contribution in [-0.2, 0) is 14.4 Å². The number of carboxylic acid groups (broad SMARTS) is 1. The highest BCUT2D eigenvalue weighted by Crippen LogP contribution is 2.23. The van der Waals surface area contributed by atoms with Crippen molar-refractivity contribution in [3.63, 3.8) is 0 Å². The molecule has 1 fully saturated rings. The van der Waals surface area contributed by atoms with Crippen LogP contribution in [0.3, 0.4) is 0 Å². The fraction of sp³-hybridized carbons (Fsp3) is 0.750. The lowest BCUT2D eigenvalue weighted by atomic mass is 9.88. The van der Waals surface area contributed by atoms with Crippen LogP contribution in [0.15, 0.2) is 0 Å². The van der Waals surface area contributed by atoms with E-state index in [0.717, 1.165) is 32.1 Å². The third kappa shape index (κ3) is 4.73. The maximum Gasteiger partial charge on any atom is 0.326 e. The first kappa shape index (κ1) is 14.5. The molecule has 1 rings (SSSR count). The predicted octanol–water partition coefficient (Wildman–Crippen LogP) is 0.402. The predicted molar refractivity (Wildman–Crippen MR) is 64.6 cm³/mol. The molecule has 0 saturated heterocycles. The Morgan fingerprint density at radius 3 is 2.33 bits per heavy atom. The quantitative estimate of drug-likeness (QED) is 0.639. The number of nitrogens with one attached hydrogen (secondary N) is 1. The second-order valence-electron chi connectivity index (χ2n) is 4.74. The summed E-state index contributed by atoms with van der Waals surface area (Å²) in [6.45, 7) is 0. The number of carboxylic acids is 1. The molecule has 2 amide bonds. The van der Waals surface area contributed by atoms with Crippen LogP contribution in [0.4, 0.5) is 0 Å². The third-order valence-electron chi connectivity index (χ3n) is 3.27. The topological polar surface area (TPSA) is 109 Å². The smallest absolute Gasteiger partial charge is 0.326 e. The molecule has 102 valence electrons. The van der Waals surface area contributed by atoms with Gasteiger partial charge in [-0.25, -0.2) is 4.79 Å². The Hall–Kier alpha value is -1.59. The minimum absolute atomic E-state index is 0.0398. The monoisotopic (exact) mass is 256 g/mol. The summed E-state index contributed by atoms with van der Waals surface area (Å²) in [5, 5.41) is 11.5. The van der Waals surface area contributed by atoms with Gasteiger partial charge in [-0.15, -0.1) is 0 Å². The van der Waals surface area contributed by atoms with E-state index < -0.39 is 17.9 Å². The molecule has 0 aromatic carbocycles. The fourth-order valence-electron chi connectivity index (χ4n) is 2.20. The lowest BCUT2D eigenvalue weighted by molar-refractivity contribution is -0.143. The molecule has 0 heterocycles. The molecule has 0 radical (unpaired) electrons. The first-order valence-corrected chi connectivity index (χ1v) is 6.32. The van der Waals surface area contributed by atoms with Gasteiger partial charge in [-0.2, -0.15) is 0 Å². The SMILES string of the molecule is NC(=O)CC[C@H](NC(=O)C1CCCCC1)C(=O)O. The van der Waals surface area contributed by atoms with Crippen molar-refractivity contribution in [3.8, 4) is 0 Å². The molecule has 1 saturated carbocycles. The summed E-state index contributed by atoms with van der Waals surface area (Å²) in [4.78, 5) is 33.5. The normalized spacial score (nSPS) is 18.0. The van der Waals surface area contributed by atoms with Crippen LogP contribution in [0.2, 0.25) is 0 Å². The standard InChI is InChI=1S/C12H20N2O4/c13-10(15)7-6-9(12(17)18)14-11(16)8-4-2-1-3-5-8/h8-9H,1-7H2,(H2,13,15)(H,14,16)(H,17,18)/t9-/m0/s1. The molecule has 6 heteroatoms. The zero-order valence-electron chi connectivity index (χ0n) is 10.4. The van der Waals surface area contributed by atoms with E-state index >= 15 is 0 Å². The second-order valence-corrected chi connectivity index (χ2v) is 4.74. The Bertz CT molecular complexity index is 324. The van der Waals surface area contributed by atoms with Gasteiger partial charge in [-0.05, 0) is 19.3 Å². The van der Waals surface area contributed by atoms with E-state index in [-0.39, 0.29) is 24.7 Å². The van der Waals surface area contributed by atoms with Gasteiger partial charge in [0, 0.05) is 12.3 Å². The van der Waals surface area contributed by atoms with E-state index in [9.17, 15) is 14.4 Å². The summed E-state index contributed by atoms with van der Waals surface area (Å²) in [5.41, 5.74) is 4.97. The highest BCUT2D eigenvalue weighted by molar-refractivity contribution is 5.85. The zero-order chi connectivity index (χ0) is 13.5. The summed E-state index contributed by atoms with van der Waals surface area (Å²) in [5.74, 6) is -1.99. The molecule has 4 N–H and O–H groups in total. The van der Waals surface area contributed by atoms with Gasteiger partial charge in [0.05, 0.1) is 0 Å². The third-order valence-corrected chi connectivity index (χ3v) is 3.27. The average molecular weight is 256 g/mol. The van der Waals surface area contributed by atoms with Crippen LogP contribution >= 0.6 is 0 Å². The molecule has 1 aliphatic rings. The maximum atomic E-state index is 11.9. The number of rotatable bonds is 6. The molecule has 1 aliphatic carbocycles. The number of nitrogens with two attached hydrogens (primary N) is 1. The van der Waals surface area contributed by atoms with Crippen LogP contribution in [0.1, 0.15) is 44.9 Å². The molecule has 0 aliphatic heterocycles. The molecule has 6 nitrogen and oxygen atoms in total. The number of aliphatic carboxylic acids is 1. The number of primary amides is 1. The van der Waals surface area contributed by atoms with Crippen molar-refractivity contribution < 1.29 is 19.5 Å². The van der Waals surface area contributed by atoms with Crippen molar-refractivity contribution in [1.82, 2.24) is 5.32 Å². The summed E-state index contributed by atoms with van der Waals surface area (Å²) in [7, 11) is 0. The number of carbonyl (C=O) groups excluding carboxylic acids is 2. The molecular formula is C12H20N2O4. The number of carbonyl (C=O) groups is 3. The lowest BCUT2D eigenvalue weighted by Gasteiger charge is -2.23. The van der Waals surface area contributed by atoms with Crippen LogP contribution in [0.25, 0.3) is 0 Å². The summed E-state index contributed by atoms with van der Waals surface area (Å²) < 4.78 is 0. The Morgan fingerprint density at radius 2 is 1.83 bits per heavy atom. The van der Waals surface area contributed by atoms with Crippen LogP contribution in [0, 0.1) is 5.92 Å². The van der Waals surface area contributed by atoms with E-state index in [1.165, 1.54) is 0 Å².